The topological polar surface area (TPSA) is 67.4 Å². The SMILES string of the molecule is CCCCCCCCCCCCCCCCCCNC(=O)[C@H](CCCC)NC(=O)COCc1ccccc1. The maximum Gasteiger partial charge on any atom is 0.246 e. The molecule has 0 aromatic heterocycles. The van der Waals surface area contributed by atoms with E-state index >= 15 is 0 Å². The Balaban J connectivity index is 2.02. The summed E-state index contributed by atoms with van der Waals surface area (Å²) in [6, 6.07) is 9.30. The van der Waals surface area contributed by atoms with Gasteiger partial charge >= 0.3 is 0 Å². The molecule has 0 heterocycles. The van der Waals surface area contributed by atoms with Gasteiger partial charge in [-0.2, -0.15) is 0 Å². The van der Waals surface area contributed by atoms with Gasteiger partial charge in [-0.3, -0.25) is 9.59 Å². The average molecular weight is 531 g/mol. The first kappa shape index (κ1) is 34.1. The molecule has 0 fully saturated rings. The molecule has 0 saturated carbocycles. The third-order valence-corrected chi connectivity index (χ3v) is 7.17. The van der Waals surface area contributed by atoms with E-state index in [1.165, 1.54) is 89.9 Å². The molecule has 5 heteroatoms. The molecule has 1 aromatic rings. The van der Waals surface area contributed by atoms with Gasteiger partial charge in [0.2, 0.25) is 11.8 Å². The van der Waals surface area contributed by atoms with Gasteiger partial charge in [-0.05, 0) is 18.4 Å². The summed E-state index contributed by atoms with van der Waals surface area (Å²) in [5.41, 5.74) is 1.03. The first-order chi connectivity index (χ1) is 18.7. The molecule has 218 valence electrons. The average Bonchev–Trinajstić information content (AvgIpc) is 2.93. The van der Waals surface area contributed by atoms with E-state index in [4.69, 9.17) is 4.74 Å². The quantitative estimate of drug-likeness (QED) is 0.118. The highest BCUT2D eigenvalue weighted by molar-refractivity contribution is 5.87. The fourth-order valence-electron chi connectivity index (χ4n) is 4.76. The molecule has 1 atom stereocenters. The lowest BCUT2D eigenvalue weighted by atomic mass is 10.0. The predicted molar refractivity (Wildman–Crippen MR) is 160 cm³/mol. The largest absolute Gasteiger partial charge is 0.367 e. The van der Waals surface area contributed by atoms with E-state index in [0.29, 0.717) is 19.6 Å². The van der Waals surface area contributed by atoms with Crippen LogP contribution in [0.4, 0.5) is 0 Å². The Bertz CT molecular complexity index is 680. The van der Waals surface area contributed by atoms with E-state index in [1.54, 1.807) is 0 Å². The summed E-state index contributed by atoms with van der Waals surface area (Å²) in [4.78, 5) is 25.0. The first-order valence-electron chi connectivity index (χ1n) is 15.9. The van der Waals surface area contributed by atoms with Crippen LogP contribution < -0.4 is 10.6 Å². The Morgan fingerprint density at radius 3 is 1.71 bits per heavy atom. The van der Waals surface area contributed by atoms with Crippen LogP contribution in [0.25, 0.3) is 0 Å². The standard InChI is InChI=1S/C33H58N2O3/c1-3-5-7-8-9-10-11-12-13-14-15-16-17-18-19-23-27-34-33(37)31(26-6-4-2)35-32(36)29-38-28-30-24-21-20-22-25-30/h20-22,24-25,31H,3-19,23,26-29H2,1-2H3,(H,34,37)(H,35,36)/t31-/m0/s1. The van der Waals surface area contributed by atoms with E-state index < -0.39 is 6.04 Å². The highest BCUT2D eigenvalue weighted by Crippen LogP contribution is 2.13. The monoisotopic (exact) mass is 530 g/mol. The van der Waals surface area contributed by atoms with E-state index in [0.717, 1.165) is 31.2 Å². The Kier molecular flexibility index (Phi) is 22.8. The van der Waals surface area contributed by atoms with Crippen LogP contribution >= 0.6 is 0 Å². The molecule has 0 saturated heterocycles. The number of benzene rings is 1. The van der Waals surface area contributed by atoms with Gasteiger partial charge in [0, 0.05) is 6.54 Å². The van der Waals surface area contributed by atoms with Crippen LogP contribution in [0.1, 0.15) is 141 Å². The molecular formula is C33H58N2O3. The summed E-state index contributed by atoms with van der Waals surface area (Å²) in [6.45, 7) is 5.40. The Hall–Kier alpha value is -1.88. The Labute approximate surface area is 234 Å². The molecule has 0 aliphatic heterocycles. The van der Waals surface area contributed by atoms with Gasteiger partial charge < -0.3 is 15.4 Å². The lowest BCUT2D eigenvalue weighted by Gasteiger charge is -2.18. The van der Waals surface area contributed by atoms with Crippen molar-refractivity contribution >= 4 is 11.8 Å². The van der Waals surface area contributed by atoms with Crippen molar-refractivity contribution < 1.29 is 14.3 Å². The summed E-state index contributed by atoms with van der Waals surface area (Å²) in [7, 11) is 0. The number of carbonyl (C=O) groups is 2. The van der Waals surface area contributed by atoms with Crippen LogP contribution in [0, 0.1) is 0 Å². The third kappa shape index (κ3) is 20.1. The van der Waals surface area contributed by atoms with Crippen LogP contribution in [0.2, 0.25) is 0 Å². The van der Waals surface area contributed by atoms with Crippen molar-refractivity contribution in [2.24, 2.45) is 0 Å². The molecular weight excluding hydrogens is 472 g/mol. The van der Waals surface area contributed by atoms with Crippen molar-refractivity contribution in [1.82, 2.24) is 10.6 Å². The van der Waals surface area contributed by atoms with Crippen molar-refractivity contribution in [1.29, 1.82) is 0 Å². The molecule has 0 radical (unpaired) electrons. The Morgan fingerprint density at radius 1 is 0.684 bits per heavy atom. The van der Waals surface area contributed by atoms with Gasteiger partial charge in [-0.1, -0.05) is 153 Å². The van der Waals surface area contributed by atoms with Crippen LogP contribution in [0.15, 0.2) is 30.3 Å². The van der Waals surface area contributed by atoms with Gasteiger partial charge in [-0.15, -0.1) is 0 Å². The second-order valence-corrected chi connectivity index (χ2v) is 10.8. The fourth-order valence-corrected chi connectivity index (χ4v) is 4.76. The molecule has 5 nitrogen and oxygen atoms in total. The van der Waals surface area contributed by atoms with Crippen molar-refractivity contribution in [3.63, 3.8) is 0 Å². The molecule has 38 heavy (non-hydrogen) atoms. The lowest BCUT2D eigenvalue weighted by Crippen LogP contribution is -2.48. The molecule has 0 spiro atoms. The van der Waals surface area contributed by atoms with Gasteiger partial charge in [0.15, 0.2) is 0 Å². The van der Waals surface area contributed by atoms with Crippen molar-refractivity contribution in [2.45, 2.75) is 148 Å². The number of amides is 2. The van der Waals surface area contributed by atoms with Gasteiger partial charge in [0.05, 0.1) is 6.61 Å². The van der Waals surface area contributed by atoms with Gasteiger partial charge in [0.25, 0.3) is 0 Å². The van der Waals surface area contributed by atoms with Crippen molar-refractivity contribution in [3.8, 4) is 0 Å². The maximum absolute atomic E-state index is 12.7. The second-order valence-electron chi connectivity index (χ2n) is 10.8. The summed E-state index contributed by atoms with van der Waals surface area (Å²) in [5, 5.41) is 5.90. The molecule has 0 unspecified atom stereocenters. The maximum atomic E-state index is 12.7. The van der Waals surface area contributed by atoms with E-state index in [2.05, 4.69) is 24.5 Å². The fraction of sp³-hybridized carbons (Fsp3) is 0.758. The number of nitrogens with one attached hydrogen (secondary N) is 2. The van der Waals surface area contributed by atoms with Crippen LogP contribution in [0.3, 0.4) is 0 Å². The zero-order valence-corrected chi connectivity index (χ0v) is 24.7. The number of ether oxygens (including phenoxy) is 1. The molecule has 0 aliphatic carbocycles. The molecule has 0 aliphatic rings. The van der Waals surface area contributed by atoms with E-state index in [1.807, 2.05) is 30.3 Å². The number of carbonyl (C=O) groups excluding carboxylic acids is 2. The van der Waals surface area contributed by atoms with Crippen molar-refractivity contribution in [3.05, 3.63) is 35.9 Å². The Morgan fingerprint density at radius 2 is 1.18 bits per heavy atom. The summed E-state index contributed by atoms with van der Waals surface area (Å²) in [5.74, 6) is -0.310. The molecule has 0 bridgehead atoms. The van der Waals surface area contributed by atoms with Crippen LogP contribution in [0.5, 0.6) is 0 Å². The number of hydrogen-bond donors (Lipinski definition) is 2. The number of unbranched alkanes of at least 4 members (excludes halogenated alkanes) is 16. The van der Waals surface area contributed by atoms with Crippen LogP contribution in [-0.4, -0.2) is 31.0 Å². The van der Waals surface area contributed by atoms with E-state index in [-0.39, 0.29) is 18.4 Å². The molecule has 2 amide bonds. The lowest BCUT2D eigenvalue weighted by molar-refractivity contribution is -0.132. The first-order valence-corrected chi connectivity index (χ1v) is 15.9. The van der Waals surface area contributed by atoms with Crippen LogP contribution in [-0.2, 0) is 20.9 Å². The zero-order valence-electron chi connectivity index (χ0n) is 24.7. The molecule has 1 aromatic carbocycles. The predicted octanol–water partition coefficient (Wildman–Crippen LogP) is 8.26. The third-order valence-electron chi connectivity index (χ3n) is 7.17. The van der Waals surface area contributed by atoms with Gasteiger partial charge in [0.1, 0.15) is 12.6 Å². The second kappa shape index (κ2) is 25.4. The summed E-state index contributed by atoms with van der Waals surface area (Å²) in [6.07, 6.45) is 24.0. The minimum Gasteiger partial charge on any atom is -0.367 e. The molecule has 2 N–H and O–H groups in total. The highest BCUT2D eigenvalue weighted by atomic mass is 16.5. The minimum absolute atomic E-state index is 0.0378. The number of rotatable bonds is 26. The summed E-state index contributed by atoms with van der Waals surface area (Å²) < 4.78 is 5.52. The number of hydrogen-bond acceptors (Lipinski definition) is 3. The minimum atomic E-state index is -0.483. The molecule has 1 rings (SSSR count). The van der Waals surface area contributed by atoms with Crippen molar-refractivity contribution in [2.75, 3.05) is 13.2 Å². The van der Waals surface area contributed by atoms with E-state index in [9.17, 15) is 9.59 Å². The zero-order chi connectivity index (χ0) is 27.5. The normalized spacial score (nSPS) is 11.8. The smallest absolute Gasteiger partial charge is 0.246 e. The highest BCUT2D eigenvalue weighted by Gasteiger charge is 2.19. The summed E-state index contributed by atoms with van der Waals surface area (Å²) >= 11 is 0. The van der Waals surface area contributed by atoms with Gasteiger partial charge in [-0.25, -0.2) is 0 Å².